The highest BCUT2D eigenvalue weighted by atomic mass is 32.1. The van der Waals surface area contributed by atoms with E-state index in [-0.39, 0.29) is 0 Å². The van der Waals surface area contributed by atoms with Crippen LogP contribution in [0.4, 0.5) is 5.69 Å². The van der Waals surface area contributed by atoms with E-state index in [0.29, 0.717) is 4.88 Å². The Hall–Kier alpha value is -1.55. The fourth-order valence-electron chi connectivity index (χ4n) is 2.08. The molecular weight excluding hydrogens is 234 g/mol. The SMILES string of the molecule is CCc1c(C(=O)O)sc2cccc(N(C)C)c12. The average Bonchev–Trinajstić information content (AvgIpc) is 2.66. The van der Waals surface area contributed by atoms with Gasteiger partial charge in [-0.2, -0.15) is 0 Å². The molecule has 1 N–H and O–H groups in total. The van der Waals surface area contributed by atoms with E-state index in [1.165, 1.54) is 11.3 Å². The molecule has 1 heterocycles. The number of benzene rings is 1. The third-order valence-electron chi connectivity index (χ3n) is 2.82. The van der Waals surface area contributed by atoms with Crippen LogP contribution in [0, 0.1) is 0 Å². The molecule has 0 spiro atoms. The number of anilines is 1. The van der Waals surface area contributed by atoms with Crippen LogP contribution in [0.1, 0.15) is 22.2 Å². The highest BCUT2D eigenvalue weighted by Crippen LogP contribution is 2.37. The number of nitrogens with zero attached hydrogens (tertiary/aromatic N) is 1. The van der Waals surface area contributed by atoms with E-state index in [1.807, 2.05) is 44.1 Å². The van der Waals surface area contributed by atoms with E-state index in [2.05, 4.69) is 0 Å². The molecule has 0 saturated carbocycles. The molecule has 0 bridgehead atoms. The number of thiophene rings is 1. The van der Waals surface area contributed by atoms with Gasteiger partial charge in [0.15, 0.2) is 0 Å². The Kier molecular flexibility index (Phi) is 3.07. The quantitative estimate of drug-likeness (QED) is 0.908. The third-order valence-corrected chi connectivity index (χ3v) is 4.01. The van der Waals surface area contributed by atoms with Crippen LogP contribution in [0.5, 0.6) is 0 Å². The molecule has 90 valence electrons. The summed E-state index contributed by atoms with van der Waals surface area (Å²) in [7, 11) is 3.96. The Morgan fingerprint density at radius 3 is 2.65 bits per heavy atom. The second-order valence-corrected chi connectivity index (χ2v) is 5.17. The first-order chi connectivity index (χ1) is 8.06. The van der Waals surface area contributed by atoms with E-state index in [1.54, 1.807) is 0 Å². The van der Waals surface area contributed by atoms with Crippen molar-refractivity contribution < 1.29 is 9.90 Å². The molecule has 0 aliphatic carbocycles. The first-order valence-corrected chi connectivity index (χ1v) is 6.33. The molecule has 0 aliphatic rings. The van der Waals surface area contributed by atoms with Crippen LogP contribution in [0.15, 0.2) is 18.2 Å². The van der Waals surface area contributed by atoms with E-state index >= 15 is 0 Å². The number of fused-ring (bicyclic) bond motifs is 1. The predicted octanol–water partition coefficient (Wildman–Crippen LogP) is 3.23. The summed E-state index contributed by atoms with van der Waals surface area (Å²) in [5, 5.41) is 10.3. The monoisotopic (exact) mass is 249 g/mol. The van der Waals surface area contributed by atoms with Crippen LogP contribution >= 0.6 is 11.3 Å². The molecule has 0 amide bonds. The van der Waals surface area contributed by atoms with Gasteiger partial charge in [0.05, 0.1) is 0 Å². The molecule has 2 rings (SSSR count). The highest BCUT2D eigenvalue weighted by molar-refractivity contribution is 7.21. The minimum absolute atomic E-state index is 0.469. The maximum Gasteiger partial charge on any atom is 0.346 e. The van der Waals surface area contributed by atoms with Crippen molar-refractivity contribution in [1.29, 1.82) is 0 Å². The fourth-order valence-corrected chi connectivity index (χ4v) is 3.23. The number of carboxylic acids is 1. The number of hydrogen-bond acceptors (Lipinski definition) is 3. The summed E-state index contributed by atoms with van der Waals surface area (Å²) < 4.78 is 1.05. The van der Waals surface area contributed by atoms with Crippen molar-refractivity contribution in [3.63, 3.8) is 0 Å². The molecule has 2 aromatic rings. The molecule has 0 saturated heterocycles. The van der Waals surface area contributed by atoms with Crippen molar-refractivity contribution in [3.05, 3.63) is 28.6 Å². The summed E-state index contributed by atoms with van der Waals surface area (Å²) >= 11 is 1.36. The van der Waals surface area contributed by atoms with Crippen molar-refractivity contribution in [1.82, 2.24) is 0 Å². The second-order valence-electron chi connectivity index (χ2n) is 4.11. The second kappa shape index (κ2) is 4.37. The summed E-state index contributed by atoms with van der Waals surface area (Å²) in [5.74, 6) is -0.826. The number of hydrogen-bond donors (Lipinski definition) is 1. The molecule has 0 aliphatic heterocycles. The summed E-state index contributed by atoms with van der Waals surface area (Å²) in [6.07, 6.45) is 0.743. The van der Waals surface area contributed by atoms with Gasteiger partial charge in [0.2, 0.25) is 0 Å². The Morgan fingerprint density at radius 2 is 2.12 bits per heavy atom. The topological polar surface area (TPSA) is 40.5 Å². The molecule has 4 heteroatoms. The molecule has 17 heavy (non-hydrogen) atoms. The largest absolute Gasteiger partial charge is 0.477 e. The maximum atomic E-state index is 11.2. The minimum atomic E-state index is -0.826. The van der Waals surface area contributed by atoms with Crippen LogP contribution in [0.2, 0.25) is 0 Å². The van der Waals surface area contributed by atoms with E-state index < -0.39 is 5.97 Å². The fraction of sp³-hybridized carbons (Fsp3) is 0.308. The van der Waals surface area contributed by atoms with Gasteiger partial charge in [0.1, 0.15) is 4.88 Å². The van der Waals surface area contributed by atoms with Crippen molar-refractivity contribution in [3.8, 4) is 0 Å². The summed E-state index contributed by atoms with van der Waals surface area (Å²) in [4.78, 5) is 13.7. The van der Waals surface area contributed by atoms with Gasteiger partial charge in [-0.25, -0.2) is 4.79 Å². The zero-order valence-electron chi connectivity index (χ0n) is 10.2. The third kappa shape index (κ3) is 1.89. The molecular formula is C13H15NO2S. The van der Waals surface area contributed by atoms with Crippen molar-refractivity contribution >= 4 is 33.1 Å². The lowest BCUT2D eigenvalue weighted by atomic mass is 10.1. The molecule has 0 radical (unpaired) electrons. The van der Waals surface area contributed by atoms with E-state index in [0.717, 1.165) is 27.8 Å². The highest BCUT2D eigenvalue weighted by Gasteiger charge is 2.18. The first-order valence-electron chi connectivity index (χ1n) is 5.51. The van der Waals surface area contributed by atoms with Crippen molar-refractivity contribution in [2.24, 2.45) is 0 Å². The number of carboxylic acid groups (broad SMARTS) is 1. The Bertz CT molecular complexity index is 572. The standard InChI is InChI=1S/C13H15NO2S/c1-4-8-11-9(14(2)3)6-5-7-10(11)17-12(8)13(15)16/h5-7H,4H2,1-3H3,(H,15,16). The molecule has 0 unspecified atom stereocenters. The zero-order valence-corrected chi connectivity index (χ0v) is 11.0. The summed E-state index contributed by atoms with van der Waals surface area (Å²) in [6, 6.07) is 5.98. The number of rotatable bonds is 3. The van der Waals surface area contributed by atoms with Gasteiger partial charge in [-0.1, -0.05) is 13.0 Å². The van der Waals surface area contributed by atoms with Crippen LogP contribution in [-0.2, 0) is 6.42 Å². The smallest absolute Gasteiger partial charge is 0.346 e. The Morgan fingerprint density at radius 1 is 1.41 bits per heavy atom. The van der Waals surface area contributed by atoms with Crippen molar-refractivity contribution in [2.75, 3.05) is 19.0 Å². The van der Waals surface area contributed by atoms with Crippen molar-refractivity contribution in [2.45, 2.75) is 13.3 Å². The molecule has 1 aromatic heterocycles. The normalized spacial score (nSPS) is 10.8. The zero-order chi connectivity index (χ0) is 12.6. The van der Waals surface area contributed by atoms with Gasteiger partial charge >= 0.3 is 5.97 Å². The van der Waals surface area contributed by atoms with Gasteiger partial charge in [-0.3, -0.25) is 0 Å². The number of aryl methyl sites for hydroxylation is 1. The summed E-state index contributed by atoms with van der Waals surface area (Å²) in [5.41, 5.74) is 2.03. The van der Waals surface area contributed by atoms with Gasteiger partial charge < -0.3 is 10.0 Å². The molecule has 1 aromatic carbocycles. The molecule has 0 atom stereocenters. The van der Waals surface area contributed by atoms with E-state index in [9.17, 15) is 9.90 Å². The van der Waals surface area contributed by atoms with Gasteiger partial charge in [-0.15, -0.1) is 11.3 Å². The predicted molar refractivity (Wildman–Crippen MR) is 72.5 cm³/mol. The number of carbonyl (C=O) groups is 1. The summed E-state index contributed by atoms with van der Waals surface area (Å²) in [6.45, 7) is 2.00. The van der Waals surface area contributed by atoms with Crippen LogP contribution in [0.25, 0.3) is 10.1 Å². The van der Waals surface area contributed by atoms with Gasteiger partial charge in [0, 0.05) is 29.9 Å². The minimum Gasteiger partial charge on any atom is -0.477 e. The Labute approximate surface area is 104 Å². The first kappa shape index (κ1) is 11.9. The maximum absolute atomic E-state index is 11.2. The van der Waals surface area contributed by atoms with E-state index in [4.69, 9.17) is 0 Å². The number of aromatic carboxylic acids is 1. The molecule has 3 nitrogen and oxygen atoms in total. The van der Waals surface area contributed by atoms with Crippen LogP contribution in [-0.4, -0.2) is 25.2 Å². The lowest BCUT2D eigenvalue weighted by Gasteiger charge is -2.14. The van der Waals surface area contributed by atoms with Gasteiger partial charge in [-0.05, 0) is 24.1 Å². The molecule has 0 fully saturated rings. The van der Waals surface area contributed by atoms with Gasteiger partial charge in [0.25, 0.3) is 0 Å². The van der Waals surface area contributed by atoms with Crippen LogP contribution < -0.4 is 4.90 Å². The Balaban J connectivity index is 2.84. The lowest BCUT2D eigenvalue weighted by Crippen LogP contribution is -2.09. The van der Waals surface area contributed by atoms with Crippen LogP contribution in [0.3, 0.4) is 0 Å². The average molecular weight is 249 g/mol. The lowest BCUT2D eigenvalue weighted by molar-refractivity contribution is 0.0701.